The predicted octanol–water partition coefficient (Wildman–Crippen LogP) is 18.1. The first-order valence-electron chi connectivity index (χ1n) is 27.9. The number of hydrogen-bond acceptors (Lipinski definition) is 3. The summed E-state index contributed by atoms with van der Waals surface area (Å²) in [5.74, 6) is -0.0282. The van der Waals surface area contributed by atoms with E-state index in [2.05, 4.69) is 31.3 Å². The summed E-state index contributed by atoms with van der Waals surface area (Å²) < 4.78 is 0. The Morgan fingerprint density at radius 3 is 0.917 bits per heavy atom. The Balaban J connectivity index is 3.44. The number of amides is 1. The summed E-state index contributed by atoms with van der Waals surface area (Å²) in [6.45, 7) is 4.40. The van der Waals surface area contributed by atoms with Crippen molar-refractivity contribution in [2.24, 2.45) is 0 Å². The van der Waals surface area contributed by atoms with Crippen LogP contribution in [0.25, 0.3) is 0 Å². The van der Waals surface area contributed by atoms with Gasteiger partial charge in [0.15, 0.2) is 0 Å². The fourth-order valence-corrected chi connectivity index (χ4v) is 9.01. The molecule has 4 nitrogen and oxygen atoms in total. The van der Waals surface area contributed by atoms with E-state index in [1.165, 1.54) is 270 Å². The molecule has 0 aromatic heterocycles. The van der Waals surface area contributed by atoms with Crippen LogP contribution >= 0.6 is 0 Å². The van der Waals surface area contributed by atoms with Gasteiger partial charge < -0.3 is 15.5 Å². The number of carbonyl (C=O) groups excluding carboxylic acids is 1. The molecule has 0 aliphatic rings. The fraction of sp³-hybridized carbons (Fsp3) is 0.946. The molecule has 0 fully saturated rings. The van der Waals surface area contributed by atoms with Crippen LogP contribution in [0, 0.1) is 0 Å². The summed E-state index contributed by atoms with van der Waals surface area (Å²) in [5.41, 5.74) is 0. The molecule has 0 aromatic carbocycles. The van der Waals surface area contributed by atoms with E-state index in [-0.39, 0.29) is 12.5 Å². The number of aliphatic hydroxyl groups is 2. The van der Waals surface area contributed by atoms with Gasteiger partial charge in [0, 0.05) is 6.42 Å². The van der Waals surface area contributed by atoms with E-state index in [9.17, 15) is 15.0 Å². The molecule has 0 saturated carbocycles. The van der Waals surface area contributed by atoms with Gasteiger partial charge in [0.05, 0.1) is 18.8 Å². The number of hydrogen-bond donors (Lipinski definition) is 3. The van der Waals surface area contributed by atoms with Crippen molar-refractivity contribution in [3.05, 3.63) is 12.2 Å². The van der Waals surface area contributed by atoms with Crippen molar-refractivity contribution in [2.75, 3.05) is 6.61 Å². The highest BCUT2D eigenvalue weighted by Crippen LogP contribution is 2.18. The van der Waals surface area contributed by atoms with Gasteiger partial charge in [0.2, 0.25) is 5.91 Å². The molecule has 4 heteroatoms. The van der Waals surface area contributed by atoms with Crippen molar-refractivity contribution in [2.45, 2.75) is 334 Å². The minimum absolute atomic E-state index is 0.0282. The Morgan fingerprint density at radius 1 is 0.383 bits per heavy atom. The number of unbranched alkanes of at least 4 members (excludes halogenated alkanes) is 43. The standard InChI is InChI=1S/C56H111NO3/c1-3-5-7-9-11-13-15-17-19-21-23-25-27-29-31-33-35-37-39-41-43-45-47-49-51-55(59)54(53-58)57-56(60)52-50-48-46-44-42-40-38-36-34-32-30-28-26-24-22-20-18-16-14-12-10-8-6-4-2/h30,32,54-55,58-59H,3-29,31,33-53H2,1-2H3,(H,57,60)/b32-30-. The normalized spacial score (nSPS) is 12.8. The van der Waals surface area contributed by atoms with Gasteiger partial charge in [0.1, 0.15) is 0 Å². The van der Waals surface area contributed by atoms with Crippen molar-refractivity contribution >= 4 is 5.91 Å². The lowest BCUT2D eigenvalue weighted by molar-refractivity contribution is -0.123. The molecule has 2 atom stereocenters. The summed E-state index contributed by atoms with van der Waals surface area (Å²) in [4.78, 5) is 12.5. The zero-order valence-electron chi connectivity index (χ0n) is 41.3. The van der Waals surface area contributed by atoms with Crippen LogP contribution in [0.3, 0.4) is 0 Å². The van der Waals surface area contributed by atoms with Crippen LogP contribution in [0.5, 0.6) is 0 Å². The molecule has 0 aromatic rings. The van der Waals surface area contributed by atoms with E-state index < -0.39 is 12.1 Å². The summed E-state index contributed by atoms with van der Waals surface area (Å²) in [7, 11) is 0. The fourth-order valence-electron chi connectivity index (χ4n) is 9.01. The first kappa shape index (κ1) is 59.1. The average Bonchev–Trinajstić information content (AvgIpc) is 3.25. The number of allylic oxidation sites excluding steroid dienone is 2. The van der Waals surface area contributed by atoms with Gasteiger partial charge in [-0.05, 0) is 38.5 Å². The second-order valence-electron chi connectivity index (χ2n) is 19.4. The highest BCUT2D eigenvalue weighted by atomic mass is 16.3. The Labute approximate surface area is 377 Å². The molecule has 0 aliphatic heterocycles. The Kier molecular flexibility index (Phi) is 51.7. The van der Waals surface area contributed by atoms with Gasteiger partial charge in [-0.3, -0.25) is 4.79 Å². The first-order chi connectivity index (χ1) is 29.7. The molecular formula is C56H111NO3. The van der Waals surface area contributed by atoms with Crippen molar-refractivity contribution < 1.29 is 15.0 Å². The second-order valence-corrected chi connectivity index (χ2v) is 19.4. The van der Waals surface area contributed by atoms with E-state index in [0.717, 1.165) is 25.7 Å². The molecule has 2 unspecified atom stereocenters. The molecule has 3 N–H and O–H groups in total. The minimum atomic E-state index is -0.659. The first-order valence-corrected chi connectivity index (χ1v) is 27.9. The van der Waals surface area contributed by atoms with E-state index >= 15 is 0 Å². The molecule has 0 radical (unpaired) electrons. The van der Waals surface area contributed by atoms with Gasteiger partial charge in [-0.2, -0.15) is 0 Å². The monoisotopic (exact) mass is 846 g/mol. The van der Waals surface area contributed by atoms with Gasteiger partial charge in [-0.25, -0.2) is 0 Å². The van der Waals surface area contributed by atoms with Crippen LogP contribution in [0.4, 0.5) is 0 Å². The topological polar surface area (TPSA) is 69.6 Å². The zero-order valence-corrected chi connectivity index (χ0v) is 41.3. The third kappa shape index (κ3) is 48.2. The zero-order chi connectivity index (χ0) is 43.5. The minimum Gasteiger partial charge on any atom is -0.394 e. The molecular weight excluding hydrogens is 735 g/mol. The Hall–Kier alpha value is -0.870. The SMILES string of the molecule is CCCCCCCCCCCCCC/C=C\CCCCCCCCCCC(=O)NC(CO)C(O)CCCCCCCCCCCCCCCCCCCCCCCCCC. The summed E-state index contributed by atoms with van der Waals surface area (Å²) in [5, 5.41) is 23.3. The summed E-state index contributed by atoms with van der Waals surface area (Å²) in [6, 6.07) is -0.536. The van der Waals surface area contributed by atoms with Crippen molar-refractivity contribution in [3.8, 4) is 0 Å². The second kappa shape index (κ2) is 52.5. The summed E-state index contributed by atoms with van der Waals surface area (Å²) in [6.07, 6.45) is 67.7. The maximum absolute atomic E-state index is 12.5. The van der Waals surface area contributed by atoms with Crippen molar-refractivity contribution in [1.29, 1.82) is 0 Å². The van der Waals surface area contributed by atoms with Gasteiger partial charge in [-0.15, -0.1) is 0 Å². The van der Waals surface area contributed by atoms with E-state index in [0.29, 0.717) is 12.8 Å². The number of nitrogens with one attached hydrogen (secondary N) is 1. The highest BCUT2D eigenvalue weighted by Gasteiger charge is 2.20. The quantitative estimate of drug-likeness (QED) is 0.0422. The molecule has 0 spiro atoms. The van der Waals surface area contributed by atoms with Crippen LogP contribution in [0.15, 0.2) is 12.2 Å². The maximum Gasteiger partial charge on any atom is 0.220 e. The van der Waals surface area contributed by atoms with Crippen LogP contribution in [0.1, 0.15) is 322 Å². The van der Waals surface area contributed by atoms with Crippen LogP contribution in [-0.4, -0.2) is 34.9 Å². The third-order valence-electron chi connectivity index (χ3n) is 13.3. The highest BCUT2D eigenvalue weighted by molar-refractivity contribution is 5.76. The largest absolute Gasteiger partial charge is 0.394 e. The lowest BCUT2D eigenvalue weighted by atomic mass is 10.0. The molecule has 60 heavy (non-hydrogen) atoms. The molecule has 0 heterocycles. The molecule has 1 amide bonds. The predicted molar refractivity (Wildman–Crippen MR) is 267 cm³/mol. The van der Waals surface area contributed by atoms with Crippen molar-refractivity contribution in [1.82, 2.24) is 5.32 Å². The Morgan fingerprint density at radius 2 is 0.633 bits per heavy atom. The van der Waals surface area contributed by atoms with E-state index in [1.807, 2.05) is 0 Å². The molecule has 0 aliphatic carbocycles. The average molecular weight is 847 g/mol. The third-order valence-corrected chi connectivity index (χ3v) is 13.3. The van der Waals surface area contributed by atoms with Crippen LogP contribution in [-0.2, 0) is 4.79 Å². The van der Waals surface area contributed by atoms with Gasteiger partial charge in [0.25, 0.3) is 0 Å². The van der Waals surface area contributed by atoms with E-state index in [1.54, 1.807) is 0 Å². The van der Waals surface area contributed by atoms with Gasteiger partial charge in [-0.1, -0.05) is 289 Å². The number of rotatable bonds is 52. The molecule has 0 bridgehead atoms. The lowest BCUT2D eigenvalue weighted by Crippen LogP contribution is -2.45. The maximum atomic E-state index is 12.5. The summed E-state index contributed by atoms with van der Waals surface area (Å²) >= 11 is 0. The van der Waals surface area contributed by atoms with Gasteiger partial charge >= 0.3 is 0 Å². The van der Waals surface area contributed by atoms with Crippen LogP contribution in [0.2, 0.25) is 0 Å². The molecule has 358 valence electrons. The molecule has 0 saturated heterocycles. The van der Waals surface area contributed by atoms with Crippen molar-refractivity contribution in [3.63, 3.8) is 0 Å². The van der Waals surface area contributed by atoms with E-state index in [4.69, 9.17) is 0 Å². The number of aliphatic hydroxyl groups excluding tert-OH is 2. The molecule has 0 rings (SSSR count). The number of carbonyl (C=O) groups is 1. The lowest BCUT2D eigenvalue weighted by Gasteiger charge is -2.22. The van der Waals surface area contributed by atoms with Crippen LogP contribution < -0.4 is 5.32 Å². The smallest absolute Gasteiger partial charge is 0.220 e. The Bertz CT molecular complexity index is 829.